The summed E-state index contributed by atoms with van der Waals surface area (Å²) in [7, 11) is 3.69. The molecule has 1 fully saturated rings. The molecule has 31 heavy (non-hydrogen) atoms. The zero-order chi connectivity index (χ0) is 22.0. The molecule has 1 atom stereocenters. The van der Waals surface area contributed by atoms with E-state index >= 15 is 0 Å². The molecule has 1 unspecified atom stereocenters. The number of piperidine rings is 1. The topological polar surface area (TPSA) is 80.5 Å². The van der Waals surface area contributed by atoms with Gasteiger partial charge in [0.1, 0.15) is 17.5 Å². The van der Waals surface area contributed by atoms with Gasteiger partial charge in [0.15, 0.2) is 5.78 Å². The molecule has 0 radical (unpaired) electrons. The smallest absolute Gasteiger partial charge is 0.223 e. The number of hydrogen-bond donors (Lipinski definition) is 0. The van der Waals surface area contributed by atoms with Crippen molar-refractivity contribution in [2.24, 2.45) is 0 Å². The molecule has 7 nitrogen and oxygen atoms in total. The van der Waals surface area contributed by atoms with Crippen LogP contribution in [0.1, 0.15) is 36.6 Å². The Kier molecular flexibility index (Phi) is 6.05. The number of Topliss-reactive ketones (excluding diaryl/α,β-unsaturated/α-hetero) is 1. The van der Waals surface area contributed by atoms with Crippen molar-refractivity contribution in [3.05, 3.63) is 52.2 Å². The molecule has 160 valence electrons. The number of carbonyl (C=O) groups is 2. The van der Waals surface area contributed by atoms with E-state index in [9.17, 15) is 14.9 Å². The van der Waals surface area contributed by atoms with E-state index in [1.165, 1.54) is 0 Å². The summed E-state index contributed by atoms with van der Waals surface area (Å²) in [5, 5.41) is 12.8. The Hall–Kier alpha value is -3.18. The average Bonchev–Trinajstić information content (AvgIpc) is 3.42. The molecule has 8 heteroatoms. The lowest BCUT2D eigenvalue weighted by atomic mass is 9.98. The Balaban J connectivity index is 1.43. The number of nitriles is 1. The highest BCUT2D eigenvalue weighted by molar-refractivity contribution is 7.09. The zero-order valence-electron chi connectivity index (χ0n) is 17.7. The molecule has 4 rings (SSSR count). The van der Waals surface area contributed by atoms with Crippen molar-refractivity contribution in [3.63, 3.8) is 0 Å². The van der Waals surface area contributed by atoms with Crippen molar-refractivity contribution < 1.29 is 9.59 Å². The number of allylic oxidation sites excluding steroid dienone is 1. The van der Waals surface area contributed by atoms with E-state index in [2.05, 4.69) is 11.1 Å². The highest BCUT2D eigenvalue weighted by atomic mass is 32.1. The maximum absolute atomic E-state index is 12.9. The first-order valence-corrected chi connectivity index (χ1v) is 11.3. The minimum absolute atomic E-state index is 0.0294. The molecule has 0 bridgehead atoms. The van der Waals surface area contributed by atoms with Gasteiger partial charge in [0, 0.05) is 57.5 Å². The first-order chi connectivity index (χ1) is 15.0. The van der Waals surface area contributed by atoms with Gasteiger partial charge in [0.25, 0.3) is 0 Å². The zero-order valence-corrected chi connectivity index (χ0v) is 18.6. The Morgan fingerprint density at radius 1 is 1.19 bits per heavy atom. The van der Waals surface area contributed by atoms with E-state index < -0.39 is 0 Å². The Labute approximate surface area is 186 Å². The van der Waals surface area contributed by atoms with E-state index in [-0.39, 0.29) is 36.0 Å². The maximum Gasteiger partial charge on any atom is 0.223 e. The van der Waals surface area contributed by atoms with Crippen LogP contribution in [-0.4, -0.2) is 48.8 Å². The number of rotatable bonds is 5. The van der Waals surface area contributed by atoms with Crippen LogP contribution in [0.25, 0.3) is 0 Å². The van der Waals surface area contributed by atoms with Crippen molar-refractivity contribution in [1.82, 2.24) is 9.88 Å². The van der Waals surface area contributed by atoms with E-state index in [4.69, 9.17) is 0 Å². The molecule has 1 amide bonds. The van der Waals surface area contributed by atoms with Crippen LogP contribution in [-0.2, 0) is 9.59 Å². The van der Waals surface area contributed by atoms with Crippen molar-refractivity contribution in [2.75, 3.05) is 37.0 Å². The van der Waals surface area contributed by atoms with Crippen LogP contribution in [0.3, 0.4) is 0 Å². The molecule has 0 N–H and O–H groups in total. The van der Waals surface area contributed by atoms with E-state index in [0.717, 1.165) is 29.2 Å². The summed E-state index contributed by atoms with van der Waals surface area (Å²) in [5.74, 6) is 0.492. The summed E-state index contributed by atoms with van der Waals surface area (Å²) < 4.78 is 0. The quantitative estimate of drug-likeness (QED) is 0.528. The number of nitrogens with zero attached hydrogens (tertiary/aromatic N) is 5. The molecule has 0 spiro atoms. The monoisotopic (exact) mass is 435 g/mol. The Morgan fingerprint density at radius 3 is 2.52 bits per heavy atom. The molecule has 2 aliphatic heterocycles. The predicted octanol–water partition coefficient (Wildman–Crippen LogP) is 3.52. The number of para-hydroxylation sites is 2. The van der Waals surface area contributed by atoms with Crippen molar-refractivity contribution >= 4 is 34.4 Å². The summed E-state index contributed by atoms with van der Waals surface area (Å²) in [5.41, 5.74) is 1.98. The predicted molar refractivity (Wildman–Crippen MR) is 121 cm³/mol. The fraction of sp³-hybridized carbons (Fsp3) is 0.391. The van der Waals surface area contributed by atoms with Gasteiger partial charge >= 0.3 is 0 Å². The van der Waals surface area contributed by atoms with Crippen LogP contribution in [0.4, 0.5) is 11.4 Å². The molecular formula is C23H25N5O2S. The van der Waals surface area contributed by atoms with Crippen LogP contribution in [0.15, 0.2) is 47.2 Å². The number of aromatic nitrogens is 1. The first-order valence-electron chi connectivity index (χ1n) is 10.4. The molecule has 0 saturated carbocycles. The van der Waals surface area contributed by atoms with Crippen LogP contribution in [0, 0.1) is 11.3 Å². The number of benzene rings is 1. The van der Waals surface area contributed by atoms with Gasteiger partial charge in [-0.1, -0.05) is 12.1 Å². The van der Waals surface area contributed by atoms with Gasteiger partial charge in [-0.3, -0.25) is 9.59 Å². The number of likely N-dealkylation sites (tertiary alicyclic amines) is 1. The normalized spacial score (nSPS) is 18.0. The lowest BCUT2D eigenvalue weighted by molar-refractivity contribution is -0.133. The van der Waals surface area contributed by atoms with E-state index in [1.54, 1.807) is 17.5 Å². The number of anilines is 2. The lowest BCUT2D eigenvalue weighted by Crippen LogP contribution is -2.39. The standard InChI is InChI=1S/C23H25N5O2S/c1-26-18-7-3-4-8-19(18)27(2)23(26)17(14-24)20(29)9-10-21(30)28-12-5-6-16(15-28)22-25-11-13-31-22/h3-4,7-8,11,13,16H,5-6,9-10,12,15H2,1-2H3. The maximum atomic E-state index is 12.9. The average molecular weight is 436 g/mol. The fourth-order valence-corrected chi connectivity index (χ4v) is 5.17. The van der Waals surface area contributed by atoms with E-state index in [1.807, 2.05) is 58.4 Å². The van der Waals surface area contributed by atoms with Gasteiger partial charge in [0.05, 0.1) is 16.4 Å². The summed E-state index contributed by atoms with van der Waals surface area (Å²) in [4.78, 5) is 35.7. The third-order valence-electron chi connectivity index (χ3n) is 5.99. The Bertz CT molecular complexity index is 1030. The molecule has 3 heterocycles. The second kappa shape index (κ2) is 8.90. The van der Waals surface area contributed by atoms with Gasteiger partial charge in [-0.25, -0.2) is 4.98 Å². The first kappa shape index (κ1) is 21.1. The minimum Gasteiger partial charge on any atom is -0.342 e. The van der Waals surface area contributed by atoms with Gasteiger partial charge < -0.3 is 14.7 Å². The summed E-state index contributed by atoms with van der Waals surface area (Å²) in [6.45, 7) is 1.36. The van der Waals surface area contributed by atoms with Crippen LogP contribution < -0.4 is 9.80 Å². The number of hydrogen-bond acceptors (Lipinski definition) is 7. The second-order valence-electron chi connectivity index (χ2n) is 7.89. The minimum atomic E-state index is -0.300. The molecule has 0 aliphatic carbocycles. The molecule has 2 aromatic rings. The molecule has 1 aromatic heterocycles. The highest BCUT2D eigenvalue weighted by Gasteiger charge is 2.32. The van der Waals surface area contributed by atoms with E-state index in [0.29, 0.717) is 18.9 Å². The molecule has 1 saturated heterocycles. The van der Waals surface area contributed by atoms with Crippen molar-refractivity contribution in [3.8, 4) is 6.07 Å². The summed E-state index contributed by atoms with van der Waals surface area (Å²) in [6.07, 6.45) is 3.90. The summed E-state index contributed by atoms with van der Waals surface area (Å²) in [6, 6.07) is 9.85. The molecular weight excluding hydrogens is 410 g/mol. The van der Waals surface area contributed by atoms with Gasteiger partial charge in [-0.2, -0.15) is 5.26 Å². The highest BCUT2D eigenvalue weighted by Crippen LogP contribution is 2.40. The van der Waals surface area contributed by atoms with Gasteiger partial charge in [-0.05, 0) is 25.0 Å². The van der Waals surface area contributed by atoms with Gasteiger partial charge in [0.2, 0.25) is 5.91 Å². The SMILES string of the molecule is CN1C(=C(C#N)C(=O)CCC(=O)N2CCCC(c3nccs3)C2)N(C)c2ccccc21. The number of carbonyl (C=O) groups excluding carboxylic acids is 2. The van der Waals surface area contributed by atoms with Crippen LogP contribution in [0.5, 0.6) is 0 Å². The molecule has 1 aromatic carbocycles. The van der Waals surface area contributed by atoms with Gasteiger partial charge in [-0.15, -0.1) is 11.3 Å². The lowest BCUT2D eigenvalue weighted by Gasteiger charge is -2.32. The Morgan fingerprint density at radius 2 is 1.90 bits per heavy atom. The van der Waals surface area contributed by atoms with Crippen molar-refractivity contribution in [1.29, 1.82) is 5.26 Å². The van der Waals surface area contributed by atoms with Crippen LogP contribution >= 0.6 is 11.3 Å². The van der Waals surface area contributed by atoms with Crippen molar-refractivity contribution in [2.45, 2.75) is 31.6 Å². The fourth-order valence-electron chi connectivity index (χ4n) is 4.40. The number of fused-ring (bicyclic) bond motifs is 1. The number of ketones is 1. The number of thiazole rings is 1. The summed E-state index contributed by atoms with van der Waals surface area (Å²) >= 11 is 1.62. The second-order valence-corrected chi connectivity index (χ2v) is 8.82. The molecule has 2 aliphatic rings. The third kappa shape index (κ3) is 4.06. The number of amides is 1. The largest absolute Gasteiger partial charge is 0.342 e. The van der Waals surface area contributed by atoms with Crippen LogP contribution in [0.2, 0.25) is 0 Å². The third-order valence-corrected chi connectivity index (χ3v) is 6.93.